The molecule has 2 unspecified atom stereocenters. The van der Waals surface area contributed by atoms with E-state index in [-0.39, 0.29) is 18.0 Å². The van der Waals surface area contributed by atoms with Gasteiger partial charge in [0, 0.05) is 68.8 Å². The van der Waals surface area contributed by atoms with E-state index in [0.717, 1.165) is 47.8 Å². The molecule has 1 aliphatic carbocycles. The number of aromatic nitrogens is 3. The van der Waals surface area contributed by atoms with E-state index in [1.165, 1.54) is 16.7 Å². The van der Waals surface area contributed by atoms with Crippen molar-refractivity contribution in [1.82, 2.24) is 29.2 Å². The Morgan fingerprint density at radius 2 is 1.88 bits per heavy atom. The molecule has 9 nitrogen and oxygen atoms in total. The lowest BCUT2D eigenvalue weighted by Gasteiger charge is -2.46. The summed E-state index contributed by atoms with van der Waals surface area (Å²) in [7, 11) is 0. The minimum absolute atomic E-state index is 0.0690. The summed E-state index contributed by atoms with van der Waals surface area (Å²) in [6.07, 6.45) is 10.8. The molecule has 3 heterocycles. The molecule has 1 fully saturated rings. The molecule has 3 atom stereocenters. The van der Waals surface area contributed by atoms with Gasteiger partial charge in [0.25, 0.3) is 0 Å². The first-order valence-corrected chi connectivity index (χ1v) is 18.0. The third-order valence-electron chi connectivity index (χ3n) is 9.44. The molecular weight excluding hydrogens is 648 g/mol. The molecule has 6 rings (SSSR count). The molecule has 0 radical (unpaired) electrons. The molecule has 10 heteroatoms. The molecule has 2 aromatic heterocycles. The number of hydrogen-bond acceptors (Lipinski definition) is 7. The number of rotatable bonds is 11. The lowest BCUT2D eigenvalue weighted by molar-refractivity contribution is -0.251. The van der Waals surface area contributed by atoms with Crippen molar-refractivity contribution in [1.29, 1.82) is 0 Å². The van der Waals surface area contributed by atoms with Gasteiger partial charge in [0.05, 0.1) is 29.4 Å². The molecule has 1 N–H and O–H groups in total. The molecule has 1 amide bonds. The molecule has 0 saturated carbocycles. The number of hydrogen-bond donors (Lipinski definition) is 1. The van der Waals surface area contributed by atoms with E-state index >= 15 is 0 Å². The predicted octanol–water partition coefficient (Wildman–Crippen LogP) is 6.18. The maximum atomic E-state index is 14.0. The van der Waals surface area contributed by atoms with E-state index in [1.807, 2.05) is 105 Å². The van der Waals surface area contributed by atoms with Crippen molar-refractivity contribution in [3.63, 3.8) is 0 Å². The Bertz CT molecular complexity index is 1770. The minimum atomic E-state index is -1.13. The zero-order valence-corrected chi connectivity index (χ0v) is 30.3. The monoisotopic (exact) mass is 696 g/mol. The second-order valence-corrected chi connectivity index (χ2v) is 14.8. The number of carbonyl (C=O) groups excluding carboxylic acids is 1. The second kappa shape index (κ2) is 16.0. The first-order valence-electron chi connectivity index (χ1n) is 17.6. The summed E-state index contributed by atoms with van der Waals surface area (Å²) in [5, 5.41) is 12.1. The minimum Gasteiger partial charge on any atom is -0.356 e. The maximum absolute atomic E-state index is 14.0. The number of pyridine rings is 1. The molecule has 0 spiro atoms. The number of ether oxygens (including phenoxy) is 1. The van der Waals surface area contributed by atoms with Crippen molar-refractivity contribution in [2.75, 3.05) is 26.2 Å². The lowest BCUT2D eigenvalue weighted by Crippen LogP contribution is -2.58. The summed E-state index contributed by atoms with van der Waals surface area (Å²) >= 11 is 6.49. The summed E-state index contributed by atoms with van der Waals surface area (Å²) < 4.78 is 8.13. The van der Waals surface area contributed by atoms with E-state index in [4.69, 9.17) is 21.3 Å². The van der Waals surface area contributed by atoms with Crippen LogP contribution in [0.1, 0.15) is 66.9 Å². The highest BCUT2D eigenvalue weighted by Crippen LogP contribution is 2.38. The smallest absolute Gasteiger partial charge is 0.246 e. The van der Waals surface area contributed by atoms with E-state index in [2.05, 4.69) is 32.7 Å². The summed E-state index contributed by atoms with van der Waals surface area (Å²) in [6.45, 7) is 11.4. The van der Waals surface area contributed by atoms with Gasteiger partial charge in [-0.25, -0.2) is 9.88 Å². The van der Waals surface area contributed by atoms with Crippen LogP contribution in [0.4, 0.5) is 0 Å². The van der Waals surface area contributed by atoms with Crippen molar-refractivity contribution < 1.29 is 14.6 Å². The molecule has 0 bridgehead atoms. The van der Waals surface area contributed by atoms with Crippen LogP contribution in [0.5, 0.6) is 0 Å². The van der Waals surface area contributed by atoms with Gasteiger partial charge in [0.1, 0.15) is 0 Å². The fraction of sp³-hybridized carbons (Fsp3) is 0.425. The van der Waals surface area contributed by atoms with E-state index in [0.29, 0.717) is 32.7 Å². The summed E-state index contributed by atoms with van der Waals surface area (Å²) in [6, 6.07) is 20.1. The zero-order valence-electron chi connectivity index (χ0n) is 29.6. The van der Waals surface area contributed by atoms with Gasteiger partial charge in [-0.1, -0.05) is 60.1 Å². The van der Waals surface area contributed by atoms with Crippen LogP contribution in [-0.2, 0) is 35.5 Å². The molecule has 1 aliphatic heterocycles. The van der Waals surface area contributed by atoms with Crippen molar-refractivity contribution in [2.24, 2.45) is 0 Å². The Labute approximate surface area is 301 Å². The van der Waals surface area contributed by atoms with Crippen molar-refractivity contribution in [2.45, 2.75) is 84.1 Å². The molecule has 4 aromatic rings. The Balaban J connectivity index is 1.27. The van der Waals surface area contributed by atoms with Crippen molar-refractivity contribution in [3.8, 4) is 0 Å². The third-order valence-corrected chi connectivity index (χ3v) is 9.68. The van der Waals surface area contributed by atoms with Gasteiger partial charge in [-0.3, -0.25) is 14.7 Å². The topological polar surface area (TPSA) is 87.0 Å². The number of carbonyl (C=O) groups is 1. The average molecular weight is 697 g/mol. The van der Waals surface area contributed by atoms with Gasteiger partial charge in [0.15, 0.2) is 0 Å². The number of nitrogens with zero attached hydrogens (tertiary/aromatic N) is 6. The number of fused-ring (bicyclic) bond motifs is 2. The first-order chi connectivity index (χ1) is 24.0. The normalized spacial score (nSPS) is 19.2. The quantitative estimate of drug-likeness (QED) is 0.148. The molecule has 2 aromatic carbocycles. The van der Waals surface area contributed by atoms with Crippen LogP contribution in [0.15, 0.2) is 91.5 Å². The van der Waals surface area contributed by atoms with Crippen molar-refractivity contribution >= 4 is 17.5 Å². The highest BCUT2D eigenvalue weighted by atomic mass is 35.5. The van der Waals surface area contributed by atoms with Crippen LogP contribution < -0.4 is 0 Å². The molecule has 264 valence electrons. The number of piperazine rings is 1. The number of halogens is 1. The number of aryl methyl sites for hydroxylation is 4. The van der Waals surface area contributed by atoms with Gasteiger partial charge in [0.2, 0.25) is 12.3 Å². The average Bonchev–Trinajstić information content (AvgIpc) is 3.43. The summed E-state index contributed by atoms with van der Waals surface area (Å²) in [5.41, 5.74) is 6.21. The van der Waals surface area contributed by atoms with E-state index in [9.17, 15) is 9.90 Å². The van der Waals surface area contributed by atoms with Gasteiger partial charge < -0.3 is 19.3 Å². The SMILES string of the molecule is Cc1cn(CCCN(Cc2ccccc2)C(=O)/C=C/C2CN([C@H]3c4ccc(Cl)cc4CCc4cccnc43)CCN2C(O)OC(C)(C)C)cn1. The zero-order chi connectivity index (χ0) is 35.3. The predicted molar refractivity (Wildman–Crippen MR) is 196 cm³/mol. The Morgan fingerprint density at radius 3 is 2.64 bits per heavy atom. The van der Waals surface area contributed by atoms with Gasteiger partial charge in [-0.05, 0) is 87.4 Å². The van der Waals surface area contributed by atoms with Crippen LogP contribution in [0.25, 0.3) is 0 Å². The fourth-order valence-electron chi connectivity index (χ4n) is 7.07. The van der Waals surface area contributed by atoms with E-state index in [1.54, 1.807) is 6.08 Å². The van der Waals surface area contributed by atoms with Crippen molar-refractivity contribution in [3.05, 3.63) is 130 Å². The molecule has 50 heavy (non-hydrogen) atoms. The third kappa shape index (κ3) is 9.08. The lowest BCUT2D eigenvalue weighted by atomic mass is 9.95. The molecule has 1 saturated heterocycles. The highest BCUT2D eigenvalue weighted by molar-refractivity contribution is 6.30. The number of aliphatic hydroxyl groups is 1. The Kier molecular flexibility index (Phi) is 11.5. The Morgan fingerprint density at radius 1 is 1.08 bits per heavy atom. The van der Waals surface area contributed by atoms with Gasteiger partial charge in [-0.15, -0.1) is 0 Å². The standard InChI is InChI=1S/C40H49ClN6O3/c1-29-25-44(28-43-29)20-9-21-45(26-30-10-6-5-7-11-30)36(48)18-16-34-27-46(22-23-47(34)39(49)50-40(2,3)4)38-35-17-15-33(41)24-32(35)14-13-31-12-8-19-42-37(31)38/h5-8,10-12,15-19,24-25,28,34,38-39,49H,9,13-14,20-23,26-27H2,1-4H3/b18-16+/t34?,38-,39?/m0/s1. The largest absolute Gasteiger partial charge is 0.356 e. The number of imidazole rings is 1. The van der Waals surface area contributed by atoms with Gasteiger partial charge in [-0.2, -0.15) is 0 Å². The highest BCUT2D eigenvalue weighted by Gasteiger charge is 2.38. The first kappa shape index (κ1) is 35.9. The number of amides is 1. The summed E-state index contributed by atoms with van der Waals surface area (Å²) in [4.78, 5) is 29.5. The van der Waals surface area contributed by atoms with Crippen LogP contribution in [0, 0.1) is 6.92 Å². The number of aliphatic hydroxyl groups excluding tert-OH is 1. The molecule has 2 aliphatic rings. The van der Waals surface area contributed by atoms with E-state index < -0.39 is 12.0 Å². The van der Waals surface area contributed by atoms with Crippen LogP contribution in [0.3, 0.4) is 0 Å². The van der Waals surface area contributed by atoms with Gasteiger partial charge >= 0.3 is 0 Å². The maximum Gasteiger partial charge on any atom is 0.246 e. The molecular formula is C40H49ClN6O3. The van der Waals surface area contributed by atoms with Crippen LogP contribution >= 0.6 is 11.6 Å². The second-order valence-electron chi connectivity index (χ2n) is 14.4. The Hall–Kier alpha value is -3.86. The fourth-order valence-corrected chi connectivity index (χ4v) is 7.27. The summed E-state index contributed by atoms with van der Waals surface area (Å²) in [5.74, 6) is -0.0690. The number of benzene rings is 2. The van der Waals surface area contributed by atoms with Crippen LogP contribution in [-0.4, -0.2) is 84.5 Å². The van der Waals surface area contributed by atoms with Crippen LogP contribution in [0.2, 0.25) is 5.02 Å².